The Kier molecular flexibility index (Phi) is 6.37. The maximum atomic E-state index is 12.1. The molecular formula is C19H22N2O3. The normalized spacial score (nSPS) is 11.4. The van der Waals surface area contributed by atoms with Gasteiger partial charge in [0.2, 0.25) is 11.8 Å². The number of imide groups is 1. The van der Waals surface area contributed by atoms with E-state index >= 15 is 0 Å². The van der Waals surface area contributed by atoms with Crippen LogP contribution in [-0.4, -0.2) is 24.5 Å². The van der Waals surface area contributed by atoms with Crippen LogP contribution in [0.25, 0.3) is 0 Å². The molecule has 2 rings (SSSR count). The predicted octanol–water partition coefficient (Wildman–Crippen LogP) is 2.77. The van der Waals surface area contributed by atoms with Crippen LogP contribution in [0.2, 0.25) is 0 Å². The first-order chi connectivity index (χ1) is 11.6. The molecule has 5 nitrogen and oxygen atoms in total. The Bertz CT molecular complexity index is 686. The summed E-state index contributed by atoms with van der Waals surface area (Å²) in [5.74, 6) is 0.0518. The molecule has 0 spiro atoms. The van der Waals surface area contributed by atoms with Crippen LogP contribution in [0.5, 0.6) is 5.75 Å². The Morgan fingerprint density at radius 3 is 2.54 bits per heavy atom. The molecule has 2 N–H and O–H groups in total. The molecule has 0 heterocycles. The lowest BCUT2D eigenvalue weighted by molar-refractivity contribution is -0.130. The molecule has 0 aromatic heterocycles. The SMILES string of the molecule is CCOc1cccc(N[C@@H](C)C(=O)NC(=O)Cc2ccccc2)c1. The standard InChI is InChI=1S/C19H22N2O3/c1-3-24-17-11-7-10-16(13-17)20-14(2)19(23)21-18(22)12-15-8-5-4-6-9-15/h4-11,13-14,20H,3,12H2,1-2H3,(H,21,22,23)/t14-/m0/s1. The van der Waals surface area contributed by atoms with Crippen LogP contribution in [0.1, 0.15) is 19.4 Å². The monoisotopic (exact) mass is 326 g/mol. The molecule has 126 valence electrons. The van der Waals surface area contributed by atoms with Crippen molar-refractivity contribution in [2.24, 2.45) is 0 Å². The summed E-state index contributed by atoms with van der Waals surface area (Å²) >= 11 is 0. The molecule has 0 saturated carbocycles. The number of carbonyl (C=O) groups excluding carboxylic acids is 2. The number of amides is 2. The minimum Gasteiger partial charge on any atom is -0.494 e. The van der Waals surface area contributed by atoms with Gasteiger partial charge in [0.05, 0.1) is 13.0 Å². The lowest BCUT2D eigenvalue weighted by atomic mass is 10.1. The van der Waals surface area contributed by atoms with Gasteiger partial charge in [0.25, 0.3) is 0 Å². The molecule has 2 amide bonds. The zero-order valence-electron chi connectivity index (χ0n) is 13.9. The van der Waals surface area contributed by atoms with E-state index in [4.69, 9.17) is 4.74 Å². The third kappa shape index (κ3) is 5.43. The van der Waals surface area contributed by atoms with Crippen LogP contribution in [0, 0.1) is 0 Å². The van der Waals surface area contributed by atoms with Crippen LogP contribution in [0.4, 0.5) is 5.69 Å². The molecule has 0 aliphatic heterocycles. The van der Waals surface area contributed by atoms with Crippen molar-refractivity contribution >= 4 is 17.5 Å². The molecule has 0 bridgehead atoms. The molecule has 24 heavy (non-hydrogen) atoms. The zero-order valence-corrected chi connectivity index (χ0v) is 13.9. The van der Waals surface area contributed by atoms with E-state index in [9.17, 15) is 9.59 Å². The molecule has 0 aliphatic rings. The number of rotatable bonds is 7. The van der Waals surface area contributed by atoms with E-state index in [1.807, 2.05) is 61.5 Å². The van der Waals surface area contributed by atoms with Gasteiger partial charge in [-0.25, -0.2) is 0 Å². The molecule has 0 saturated heterocycles. The van der Waals surface area contributed by atoms with Crippen LogP contribution in [-0.2, 0) is 16.0 Å². The van der Waals surface area contributed by atoms with Crippen molar-refractivity contribution in [2.75, 3.05) is 11.9 Å². The second kappa shape index (κ2) is 8.72. The molecule has 0 unspecified atom stereocenters. The maximum Gasteiger partial charge on any atom is 0.248 e. The molecule has 0 aliphatic carbocycles. The summed E-state index contributed by atoms with van der Waals surface area (Å²) in [4.78, 5) is 24.1. The summed E-state index contributed by atoms with van der Waals surface area (Å²) in [5, 5.41) is 5.48. The van der Waals surface area contributed by atoms with E-state index in [1.165, 1.54) is 0 Å². The second-order valence-electron chi connectivity index (χ2n) is 5.40. The number of hydrogen-bond donors (Lipinski definition) is 2. The highest BCUT2D eigenvalue weighted by molar-refractivity contribution is 5.99. The Morgan fingerprint density at radius 2 is 1.83 bits per heavy atom. The largest absolute Gasteiger partial charge is 0.494 e. The average molecular weight is 326 g/mol. The second-order valence-corrected chi connectivity index (χ2v) is 5.40. The summed E-state index contributed by atoms with van der Waals surface area (Å²) < 4.78 is 5.42. The minimum absolute atomic E-state index is 0.180. The highest BCUT2D eigenvalue weighted by Gasteiger charge is 2.16. The van der Waals surface area contributed by atoms with Crippen molar-refractivity contribution in [1.82, 2.24) is 5.32 Å². The Hall–Kier alpha value is -2.82. The molecule has 0 radical (unpaired) electrons. The quantitative estimate of drug-likeness (QED) is 0.821. The highest BCUT2D eigenvalue weighted by Crippen LogP contribution is 2.18. The number of ether oxygens (including phenoxy) is 1. The maximum absolute atomic E-state index is 12.1. The molecule has 1 atom stereocenters. The van der Waals surface area contributed by atoms with Gasteiger partial charge in [-0.15, -0.1) is 0 Å². The van der Waals surface area contributed by atoms with Gasteiger partial charge < -0.3 is 10.1 Å². The summed E-state index contributed by atoms with van der Waals surface area (Å²) in [6.45, 7) is 4.19. The fourth-order valence-corrected chi connectivity index (χ4v) is 2.23. The van der Waals surface area contributed by atoms with E-state index in [0.717, 1.165) is 17.0 Å². The van der Waals surface area contributed by atoms with Gasteiger partial charge in [0.1, 0.15) is 11.8 Å². The number of nitrogens with one attached hydrogen (secondary N) is 2. The summed E-state index contributed by atoms with van der Waals surface area (Å²) in [5.41, 5.74) is 1.63. The zero-order chi connectivity index (χ0) is 17.4. The van der Waals surface area contributed by atoms with Crippen LogP contribution in [0.15, 0.2) is 54.6 Å². The number of anilines is 1. The number of carbonyl (C=O) groups is 2. The van der Waals surface area contributed by atoms with Crippen molar-refractivity contribution in [1.29, 1.82) is 0 Å². The molecular weight excluding hydrogens is 304 g/mol. The van der Waals surface area contributed by atoms with Gasteiger partial charge in [0.15, 0.2) is 0 Å². The first kappa shape index (κ1) is 17.5. The van der Waals surface area contributed by atoms with Crippen LogP contribution >= 0.6 is 0 Å². The molecule has 2 aromatic rings. The highest BCUT2D eigenvalue weighted by atomic mass is 16.5. The topological polar surface area (TPSA) is 67.4 Å². The van der Waals surface area contributed by atoms with Crippen LogP contribution in [0.3, 0.4) is 0 Å². The molecule has 5 heteroatoms. The van der Waals surface area contributed by atoms with Gasteiger partial charge in [-0.2, -0.15) is 0 Å². The fraction of sp³-hybridized carbons (Fsp3) is 0.263. The van der Waals surface area contributed by atoms with Crippen molar-refractivity contribution in [3.63, 3.8) is 0 Å². The number of benzene rings is 2. The van der Waals surface area contributed by atoms with E-state index in [2.05, 4.69) is 10.6 Å². The Balaban J connectivity index is 1.87. The average Bonchev–Trinajstić information content (AvgIpc) is 2.56. The first-order valence-corrected chi connectivity index (χ1v) is 7.95. The van der Waals surface area contributed by atoms with Gasteiger partial charge in [-0.1, -0.05) is 36.4 Å². The van der Waals surface area contributed by atoms with Gasteiger partial charge in [-0.05, 0) is 31.5 Å². The Labute approximate surface area is 142 Å². The number of hydrogen-bond acceptors (Lipinski definition) is 4. The van der Waals surface area contributed by atoms with Crippen molar-refractivity contribution in [3.05, 3.63) is 60.2 Å². The lowest BCUT2D eigenvalue weighted by Gasteiger charge is -2.15. The lowest BCUT2D eigenvalue weighted by Crippen LogP contribution is -2.41. The smallest absolute Gasteiger partial charge is 0.248 e. The van der Waals surface area contributed by atoms with Crippen molar-refractivity contribution < 1.29 is 14.3 Å². The van der Waals surface area contributed by atoms with Gasteiger partial charge >= 0.3 is 0 Å². The summed E-state index contributed by atoms with van der Waals surface area (Å²) in [7, 11) is 0. The van der Waals surface area contributed by atoms with E-state index < -0.39 is 6.04 Å². The third-order valence-corrected chi connectivity index (χ3v) is 3.39. The van der Waals surface area contributed by atoms with E-state index in [-0.39, 0.29) is 18.2 Å². The van der Waals surface area contributed by atoms with Gasteiger partial charge in [-0.3, -0.25) is 14.9 Å². The summed E-state index contributed by atoms with van der Waals surface area (Å²) in [6.07, 6.45) is 0.180. The van der Waals surface area contributed by atoms with Crippen molar-refractivity contribution in [3.8, 4) is 5.75 Å². The van der Waals surface area contributed by atoms with E-state index in [0.29, 0.717) is 6.61 Å². The fourth-order valence-electron chi connectivity index (χ4n) is 2.23. The predicted molar refractivity (Wildman–Crippen MR) is 94.0 cm³/mol. The molecule has 0 fully saturated rings. The molecule has 2 aromatic carbocycles. The van der Waals surface area contributed by atoms with Gasteiger partial charge in [0, 0.05) is 11.8 Å². The Morgan fingerprint density at radius 1 is 1.08 bits per heavy atom. The summed E-state index contributed by atoms with van der Waals surface area (Å²) in [6, 6.07) is 16.1. The van der Waals surface area contributed by atoms with E-state index in [1.54, 1.807) is 6.92 Å². The minimum atomic E-state index is -0.540. The van der Waals surface area contributed by atoms with Crippen molar-refractivity contribution in [2.45, 2.75) is 26.3 Å². The van der Waals surface area contributed by atoms with Crippen LogP contribution < -0.4 is 15.4 Å². The third-order valence-electron chi connectivity index (χ3n) is 3.39. The first-order valence-electron chi connectivity index (χ1n) is 7.95.